The first-order chi connectivity index (χ1) is 30.2. The molecule has 0 spiro atoms. The van der Waals surface area contributed by atoms with Crippen molar-refractivity contribution < 1.29 is 0 Å². The molecule has 0 saturated heterocycles. The van der Waals surface area contributed by atoms with Crippen LogP contribution in [0.15, 0.2) is 158 Å². The van der Waals surface area contributed by atoms with Gasteiger partial charge in [-0.1, -0.05) is 137 Å². The first kappa shape index (κ1) is 34.9. The van der Waals surface area contributed by atoms with Crippen LogP contribution in [-0.2, 0) is 10.8 Å². The predicted molar refractivity (Wildman–Crippen MR) is 255 cm³/mol. The summed E-state index contributed by atoms with van der Waals surface area (Å²) >= 11 is 0. The Labute approximate surface area is 358 Å². The highest BCUT2D eigenvalue weighted by atomic mass is 15.0. The van der Waals surface area contributed by atoms with Crippen molar-refractivity contribution in [1.29, 1.82) is 10.5 Å². The molecule has 13 rings (SSSR count). The Balaban J connectivity index is 1.07. The van der Waals surface area contributed by atoms with Crippen molar-refractivity contribution >= 4 is 65.2 Å². The molecule has 2 aliphatic carbocycles. The summed E-state index contributed by atoms with van der Waals surface area (Å²) in [6.45, 7) is 9.27. The van der Waals surface area contributed by atoms with Crippen LogP contribution < -0.4 is 0 Å². The van der Waals surface area contributed by atoms with E-state index in [0.717, 1.165) is 43.6 Å². The SMILES string of the molecule is CC1(C)c2cc3c(cc2-c2c1ccc1ccccc21)c1ccccc1n3-c1cc(C#N)c(-n2c3ccccc3c3cc4c(cc32)C(C)(C)c2ccc3ccccc3c2-4)cc1C#N. The van der Waals surface area contributed by atoms with Crippen molar-refractivity contribution in [2.75, 3.05) is 0 Å². The lowest BCUT2D eigenvalue weighted by atomic mass is 9.82. The number of hydrogen-bond donors (Lipinski definition) is 0. The molecule has 0 radical (unpaired) electrons. The molecule has 2 heterocycles. The van der Waals surface area contributed by atoms with E-state index in [1.54, 1.807) is 0 Å². The molecule has 0 aliphatic heterocycles. The molecule has 4 nitrogen and oxygen atoms in total. The van der Waals surface area contributed by atoms with Crippen LogP contribution in [0.5, 0.6) is 0 Å². The van der Waals surface area contributed by atoms with Gasteiger partial charge in [0.05, 0.1) is 44.6 Å². The van der Waals surface area contributed by atoms with Gasteiger partial charge in [-0.05, 0) is 115 Å². The minimum Gasteiger partial charge on any atom is -0.308 e. The molecule has 0 N–H and O–H groups in total. The van der Waals surface area contributed by atoms with E-state index in [2.05, 4.69) is 195 Å². The maximum atomic E-state index is 11.2. The van der Waals surface area contributed by atoms with Gasteiger partial charge in [0.25, 0.3) is 0 Å². The van der Waals surface area contributed by atoms with Crippen molar-refractivity contribution in [2.45, 2.75) is 38.5 Å². The smallest absolute Gasteiger partial charge is 0.101 e. The average molecular weight is 791 g/mol. The van der Waals surface area contributed by atoms with Crippen LogP contribution in [0.25, 0.3) is 98.8 Å². The highest BCUT2D eigenvalue weighted by molar-refractivity contribution is 6.15. The Hall–Kier alpha value is -7.92. The molecule has 0 atom stereocenters. The number of nitrogens with zero attached hydrogens (tertiary/aromatic N) is 4. The lowest BCUT2D eigenvalue weighted by Crippen LogP contribution is -2.15. The highest BCUT2D eigenvalue weighted by Gasteiger charge is 2.39. The fraction of sp³-hybridized carbons (Fsp3) is 0.103. The van der Waals surface area contributed by atoms with E-state index in [9.17, 15) is 10.5 Å². The fourth-order valence-electron chi connectivity index (χ4n) is 11.6. The van der Waals surface area contributed by atoms with Crippen LogP contribution >= 0.6 is 0 Å². The van der Waals surface area contributed by atoms with E-state index in [1.165, 1.54) is 66.1 Å². The van der Waals surface area contributed by atoms with Gasteiger partial charge < -0.3 is 9.13 Å². The Morgan fingerprint density at radius 3 is 1.18 bits per heavy atom. The quantitative estimate of drug-likeness (QED) is 0.175. The van der Waals surface area contributed by atoms with Crippen LogP contribution in [0, 0.1) is 22.7 Å². The summed E-state index contributed by atoms with van der Waals surface area (Å²) in [7, 11) is 0. The number of benzene rings is 9. The first-order valence-electron chi connectivity index (χ1n) is 21.4. The van der Waals surface area contributed by atoms with Crippen molar-refractivity contribution in [3.63, 3.8) is 0 Å². The van der Waals surface area contributed by atoms with Crippen LogP contribution in [0.4, 0.5) is 0 Å². The summed E-state index contributed by atoms with van der Waals surface area (Å²) < 4.78 is 4.43. The molecule has 2 aromatic heterocycles. The van der Waals surface area contributed by atoms with Crippen LogP contribution in [0.3, 0.4) is 0 Å². The van der Waals surface area contributed by atoms with E-state index >= 15 is 0 Å². The topological polar surface area (TPSA) is 57.4 Å². The van der Waals surface area contributed by atoms with E-state index in [4.69, 9.17) is 0 Å². The average Bonchev–Trinajstić information content (AvgIpc) is 3.95. The molecule has 0 saturated carbocycles. The Bertz CT molecular complexity index is 3690. The van der Waals surface area contributed by atoms with Gasteiger partial charge in [0.1, 0.15) is 12.1 Å². The van der Waals surface area contributed by atoms with E-state index < -0.39 is 0 Å². The molecule has 0 unspecified atom stereocenters. The zero-order chi connectivity index (χ0) is 41.8. The van der Waals surface area contributed by atoms with Gasteiger partial charge in [-0.25, -0.2) is 0 Å². The third kappa shape index (κ3) is 4.28. The number of hydrogen-bond acceptors (Lipinski definition) is 2. The minimum absolute atomic E-state index is 0.246. The number of para-hydroxylation sites is 2. The van der Waals surface area contributed by atoms with Gasteiger partial charge in [0.2, 0.25) is 0 Å². The molecule has 0 fully saturated rings. The van der Waals surface area contributed by atoms with Gasteiger partial charge in [-0.3, -0.25) is 0 Å². The summed E-state index contributed by atoms with van der Waals surface area (Å²) in [4.78, 5) is 0. The van der Waals surface area contributed by atoms with Gasteiger partial charge in [0, 0.05) is 32.4 Å². The summed E-state index contributed by atoms with van der Waals surface area (Å²) in [5, 5.41) is 31.8. The van der Waals surface area contributed by atoms with Gasteiger partial charge in [0.15, 0.2) is 0 Å². The van der Waals surface area contributed by atoms with Crippen molar-refractivity contribution in [3.8, 4) is 45.8 Å². The summed E-state index contributed by atoms with van der Waals surface area (Å²) in [5.41, 5.74) is 16.2. The zero-order valence-electron chi connectivity index (χ0n) is 34.8. The van der Waals surface area contributed by atoms with Crippen LogP contribution in [0.2, 0.25) is 0 Å². The Morgan fingerprint density at radius 2 is 0.758 bits per heavy atom. The lowest BCUT2D eigenvalue weighted by Gasteiger charge is -2.22. The second-order valence-corrected chi connectivity index (χ2v) is 18.3. The first-order valence-corrected chi connectivity index (χ1v) is 21.4. The Kier molecular flexibility index (Phi) is 6.69. The molecule has 2 aliphatic rings. The van der Waals surface area contributed by atoms with E-state index in [-0.39, 0.29) is 10.8 Å². The third-order valence-corrected chi connectivity index (χ3v) is 14.6. The molecule has 62 heavy (non-hydrogen) atoms. The molecule has 9 aromatic carbocycles. The van der Waals surface area contributed by atoms with Crippen molar-refractivity contribution in [3.05, 3.63) is 191 Å². The fourth-order valence-corrected chi connectivity index (χ4v) is 11.6. The number of nitriles is 2. The summed E-state index contributed by atoms with van der Waals surface area (Å²) in [6, 6.07) is 61.8. The predicted octanol–water partition coefficient (Wildman–Crippen LogP) is 14.5. The summed E-state index contributed by atoms with van der Waals surface area (Å²) in [5.74, 6) is 0. The molecular formula is C58H38N4. The molecule has 4 heteroatoms. The summed E-state index contributed by atoms with van der Waals surface area (Å²) in [6.07, 6.45) is 0. The molecule has 0 bridgehead atoms. The third-order valence-electron chi connectivity index (χ3n) is 14.6. The highest BCUT2D eigenvalue weighted by Crippen LogP contribution is 2.55. The zero-order valence-corrected chi connectivity index (χ0v) is 34.8. The van der Waals surface area contributed by atoms with Crippen molar-refractivity contribution in [1.82, 2.24) is 9.13 Å². The maximum Gasteiger partial charge on any atom is 0.101 e. The largest absolute Gasteiger partial charge is 0.308 e. The van der Waals surface area contributed by atoms with E-state index in [0.29, 0.717) is 22.5 Å². The van der Waals surface area contributed by atoms with Gasteiger partial charge in [-0.2, -0.15) is 10.5 Å². The number of fused-ring (bicyclic) bond motifs is 16. The van der Waals surface area contributed by atoms with Gasteiger partial charge >= 0.3 is 0 Å². The maximum absolute atomic E-state index is 11.2. The second-order valence-electron chi connectivity index (χ2n) is 18.3. The molecular weight excluding hydrogens is 753 g/mol. The molecule has 11 aromatic rings. The van der Waals surface area contributed by atoms with Crippen molar-refractivity contribution in [2.24, 2.45) is 0 Å². The molecule has 290 valence electrons. The van der Waals surface area contributed by atoms with Crippen LogP contribution in [0.1, 0.15) is 61.1 Å². The van der Waals surface area contributed by atoms with Gasteiger partial charge in [-0.15, -0.1) is 0 Å². The minimum atomic E-state index is -0.246. The normalized spacial score (nSPS) is 14.4. The number of aromatic nitrogens is 2. The van der Waals surface area contributed by atoms with Crippen LogP contribution in [-0.4, -0.2) is 9.13 Å². The standard InChI is InChI=1S/C58H38N4/c1-57(2)45-23-21-33-13-5-7-15-37(33)55(45)43-27-41-39-17-9-11-19-49(39)61(53(41)29-47(43)57)51-25-36(32-60)52(26-35(51)31-59)62-50-20-12-10-18-40(50)42-28-44-48(30-54(42)62)58(3,4)46-24-22-34-14-6-8-16-38(34)56(44)46/h5-30H,1-4H3. The molecule has 0 amide bonds. The second kappa shape index (κ2) is 11.9. The monoisotopic (exact) mass is 790 g/mol. The lowest BCUT2D eigenvalue weighted by molar-refractivity contribution is 0.661. The number of rotatable bonds is 2. The Morgan fingerprint density at radius 1 is 0.371 bits per heavy atom. The van der Waals surface area contributed by atoms with E-state index in [1.807, 2.05) is 12.1 Å².